The lowest BCUT2D eigenvalue weighted by atomic mass is 10.0. The van der Waals surface area contributed by atoms with Gasteiger partial charge in [0.05, 0.1) is 13.2 Å². The van der Waals surface area contributed by atoms with E-state index in [1.807, 2.05) is 0 Å². The van der Waals surface area contributed by atoms with Gasteiger partial charge in [-0.25, -0.2) is 0 Å². The molecule has 0 amide bonds. The Kier molecular flexibility index (Phi) is 18.6. The number of unbranched alkanes of at least 4 members (excludes halogenated alkanes) is 14. The van der Waals surface area contributed by atoms with Crippen LogP contribution in [0.5, 0.6) is 0 Å². The summed E-state index contributed by atoms with van der Waals surface area (Å²) >= 11 is 0. The molecule has 0 radical (unpaired) electrons. The molecule has 1 aliphatic heterocycles. The molecule has 0 aromatic heterocycles. The van der Waals surface area contributed by atoms with Crippen LogP contribution in [0.2, 0.25) is 0 Å². The Morgan fingerprint density at radius 2 is 1.35 bits per heavy atom. The van der Waals surface area contributed by atoms with Gasteiger partial charge in [-0.1, -0.05) is 96.1 Å². The molecule has 0 spiro atoms. The molecule has 0 aliphatic carbocycles. The van der Waals surface area contributed by atoms with Crippen LogP contribution in [0.4, 0.5) is 0 Å². The summed E-state index contributed by atoms with van der Waals surface area (Å²) in [6, 6.07) is 0. The average molecular weight is 443 g/mol. The smallest absolute Gasteiger partial charge is 0.114 e. The van der Waals surface area contributed by atoms with E-state index in [-0.39, 0.29) is 13.2 Å². The van der Waals surface area contributed by atoms with Crippen LogP contribution >= 0.6 is 0 Å². The van der Waals surface area contributed by atoms with Crippen LogP contribution in [-0.2, 0) is 9.47 Å². The molecule has 184 valence electrons. The zero-order valence-electron chi connectivity index (χ0n) is 20.1. The van der Waals surface area contributed by atoms with E-state index in [0.717, 1.165) is 19.3 Å². The van der Waals surface area contributed by atoms with E-state index in [1.165, 1.54) is 83.5 Å². The van der Waals surface area contributed by atoms with Gasteiger partial charge in [0, 0.05) is 6.61 Å². The van der Waals surface area contributed by atoms with E-state index in [0.29, 0.717) is 6.61 Å². The number of aliphatic hydroxyl groups is 3. The van der Waals surface area contributed by atoms with Crippen LogP contribution in [0.1, 0.15) is 110 Å². The molecule has 31 heavy (non-hydrogen) atoms. The summed E-state index contributed by atoms with van der Waals surface area (Å²) in [6.07, 6.45) is 22.5. The average Bonchev–Trinajstić information content (AvgIpc) is 3.15. The molecule has 0 aromatic rings. The van der Waals surface area contributed by atoms with Crippen molar-refractivity contribution in [2.75, 3.05) is 19.8 Å². The highest BCUT2D eigenvalue weighted by Gasteiger charge is 2.40. The van der Waals surface area contributed by atoms with Gasteiger partial charge in [0.15, 0.2) is 0 Å². The van der Waals surface area contributed by atoms with E-state index in [9.17, 15) is 10.2 Å². The van der Waals surface area contributed by atoms with Gasteiger partial charge in [0.2, 0.25) is 0 Å². The van der Waals surface area contributed by atoms with Gasteiger partial charge in [0.25, 0.3) is 0 Å². The van der Waals surface area contributed by atoms with E-state index in [4.69, 9.17) is 14.6 Å². The lowest BCUT2D eigenvalue weighted by Gasteiger charge is -2.23. The Balaban J connectivity index is 1.80. The van der Waals surface area contributed by atoms with Crippen LogP contribution in [-0.4, -0.2) is 59.6 Å². The fraction of sp³-hybridized carbons (Fsp3) is 0.923. The van der Waals surface area contributed by atoms with E-state index in [1.54, 1.807) is 0 Å². The van der Waals surface area contributed by atoms with Crippen molar-refractivity contribution < 1.29 is 24.8 Å². The molecule has 1 aliphatic rings. The molecular weight excluding hydrogens is 392 g/mol. The van der Waals surface area contributed by atoms with E-state index >= 15 is 0 Å². The fourth-order valence-electron chi connectivity index (χ4n) is 4.25. The summed E-state index contributed by atoms with van der Waals surface area (Å²) in [5, 5.41) is 28.7. The zero-order valence-corrected chi connectivity index (χ0v) is 20.1. The number of allylic oxidation sites excluding steroid dienone is 2. The second-order valence-corrected chi connectivity index (χ2v) is 9.07. The predicted octanol–water partition coefficient (Wildman–Crippen LogP) is 5.30. The molecule has 1 rings (SSSR count). The van der Waals surface area contributed by atoms with Crippen molar-refractivity contribution in [1.82, 2.24) is 0 Å². The molecule has 1 heterocycles. The number of hydrogen-bond donors (Lipinski definition) is 3. The van der Waals surface area contributed by atoms with Crippen molar-refractivity contribution in [1.29, 1.82) is 0 Å². The first kappa shape index (κ1) is 28.6. The molecule has 0 aromatic carbocycles. The van der Waals surface area contributed by atoms with Gasteiger partial charge >= 0.3 is 0 Å². The number of rotatable bonds is 21. The maximum atomic E-state index is 9.91. The lowest BCUT2D eigenvalue weighted by molar-refractivity contribution is -0.0938. The fourth-order valence-corrected chi connectivity index (χ4v) is 4.25. The second-order valence-electron chi connectivity index (χ2n) is 9.07. The van der Waals surface area contributed by atoms with Crippen molar-refractivity contribution in [2.24, 2.45) is 0 Å². The summed E-state index contributed by atoms with van der Waals surface area (Å²) in [5.41, 5.74) is 0. The van der Waals surface area contributed by atoms with E-state index in [2.05, 4.69) is 19.1 Å². The van der Waals surface area contributed by atoms with Crippen molar-refractivity contribution in [3.63, 3.8) is 0 Å². The molecule has 0 bridgehead atoms. The van der Waals surface area contributed by atoms with Gasteiger partial charge in [0.1, 0.15) is 24.4 Å². The summed E-state index contributed by atoms with van der Waals surface area (Å²) in [7, 11) is 0. The molecule has 0 unspecified atom stereocenters. The maximum Gasteiger partial charge on any atom is 0.114 e. The lowest BCUT2D eigenvalue weighted by Crippen LogP contribution is -2.42. The first-order valence-corrected chi connectivity index (χ1v) is 13.1. The van der Waals surface area contributed by atoms with Crippen LogP contribution in [0, 0.1) is 0 Å². The van der Waals surface area contributed by atoms with Gasteiger partial charge in [-0.05, 0) is 25.7 Å². The Morgan fingerprint density at radius 3 is 1.87 bits per heavy atom. The maximum absolute atomic E-state index is 9.91. The first-order valence-electron chi connectivity index (χ1n) is 13.1. The minimum atomic E-state index is -1.000. The first-order chi connectivity index (χ1) is 15.2. The van der Waals surface area contributed by atoms with Gasteiger partial charge in [-0.15, -0.1) is 0 Å². The van der Waals surface area contributed by atoms with Gasteiger partial charge in [-0.2, -0.15) is 0 Å². The predicted molar refractivity (Wildman–Crippen MR) is 127 cm³/mol. The van der Waals surface area contributed by atoms with Crippen LogP contribution in [0.15, 0.2) is 12.2 Å². The zero-order chi connectivity index (χ0) is 22.6. The highest BCUT2D eigenvalue weighted by atomic mass is 16.6. The number of ether oxygens (including phenoxy) is 2. The monoisotopic (exact) mass is 442 g/mol. The molecule has 0 saturated carbocycles. The van der Waals surface area contributed by atoms with Gasteiger partial charge < -0.3 is 24.8 Å². The van der Waals surface area contributed by atoms with Crippen LogP contribution < -0.4 is 0 Å². The van der Waals surface area contributed by atoms with Crippen LogP contribution in [0.3, 0.4) is 0 Å². The molecule has 5 nitrogen and oxygen atoms in total. The third-order valence-electron chi connectivity index (χ3n) is 6.21. The summed E-state index contributed by atoms with van der Waals surface area (Å²) in [6.45, 7) is 2.53. The Hall–Kier alpha value is -0.460. The number of hydrogen-bond acceptors (Lipinski definition) is 5. The van der Waals surface area contributed by atoms with Gasteiger partial charge in [-0.3, -0.25) is 0 Å². The summed E-state index contributed by atoms with van der Waals surface area (Å²) in [4.78, 5) is 0. The van der Waals surface area contributed by atoms with Crippen molar-refractivity contribution >= 4 is 0 Å². The normalized spacial score (nSPS) is 22.5. The van der Waals surface area contributed by atoms with Crippen LogP contribution in [0.25, 0.3) is 0 Å². The Morgan fingerprint density at radius 1 is 0.839 bits per heavy atom. The number of aliphatic hydroxyl groups excluding tert-OH is 3. The Labute approximate surface area is 191 Å². The highest BCUT2D eigenvalue weighted by molar-refractivity contribution is 4.89. The van der Waals surface area contributed by atoms with Crippen molar-refractivity contribution in [3.8, 4) is 0 Å². The third kappa shape index (κ3) is 14.3. The third-order valence-corrected chi connectivity index (χ3v) is 6.21. The SMILES string of the molecule is CC/C=C/CCCCCCCCCCCCCCCCO[C@@H]1[C@H]([C@H](O)CO)OC[C@@H]1O. The Bertz CT molecular complexity index is 415. The molecule has 5 heteroatoms. The molecule has 1 saturated heterocycles. The minimum absolute atomic E-state index is 0.156. The highest BCUT2D eigenvalue weighted by Crippen LogP contribution is 2.21. The molecule has 4 atom stereocenters. The standard InChI is InChI=1S/C26H50O5/c1-2-3-4-5-6-7-8-9-10-11-12-13-14-15-16-17-18-19-20-30-26-24(29)22-31-25(26)23(28)21-27/h3-4,23-29H,2,5-22H2,1H3/b4-3+/t23-,24+,25+,26+/m1/s1. The topological polar surface area (TPSA) is 79.2 Å². The summed E-state index contributed by atoms with van der Waals surface area (Å²) < 4.78 is 11.1. The molecule has 3 N–H and O–H groups in total. The molecule has 1 fully saturated rings. The van der Waals surface area contributed by atoms with E-state index < -0.39 is 24.4 Å². The summed E-state index contributed by atoms with van der Waals surface area (Å²) in [5.74, 6) is 0. The van der Waals surface area contributed by atoms with Crippen molar-refractivity contribution in [2.45, 2.75) is 134 Å². The minimum Gasteiger partial charge on any atom is -0.394 e. The largest absolute Gasteiger partial charge is 0.394 e. The second kappa shape index (κ2) is 20.2. The van der Waals surface area contributed by atoms with Crippen molar-refractivity contribution in [3.05, 3.63) is 12.2 Å². The quantitative estimate of drug-likeness (QED) is 0.166. The molecular formula is C26H50O5.